The minimum atomic E-state index is -0.686. The number of benzene rings is 1. The number of hydrogen-bond acceptors (Lipinski definition) is 5. The summed E-state index contributed by atoms with van der Waals surface area (Å²) in [6, 6.07) is 6.91. The lowest BCUT2D eigenvalue weighted by Gasteiger charge is -2.16. The number of aromatic nitrogens is 3. The van der Waals surface area contributed by atoms with Gasteiger partial charge in [-0.25, -0.2) is 0 Å². The SMILES string of the molecule is CCC(C(=O)Nc1cccc(C)c1)n1nnc2sc3c(c2c1=O)CCCC3. The second-order valence-corrected chi connectivity index (χ2v) is 8.10. The predicted octanol–water partition coefficient (Wildman–Crippen LogP) is 3.63. The highest BCUT2D eigenvalue weighted by Crippen LogP contribution is 2.33. The molecule has 0 saturated heterocycles. The summed E-state index contributed by atoms with van der Waals surface area (Å²) in [6.07, 6.45) is 4.61. The van der Waals surface area contributed by atoms with Crippen molar-refractivity contribution in [3.63, 3.8) is 0 Å². The van der Waals surface area contributed by atoms with E-state index < -0.39 is 6.04 Å². The van der Waals surface area contributed by atoms with Gasteiger partial charge >= 0.3 is 0 Å². The van der Waals surface area contributed by atoms with Gasteiger partial charge in [0, 0.05) is 10.6 Å². The van der Waals surface area contributed by atoms with Crippen molar-refractivity contribution in [3.05, 3.63) is 50.6 Å². The fourth-order valence-electron chi connectivity index (χ4n) is 3.71. The molecule has 1 aliphatic carbocycles. The molecule has 140 valence electrons. The van der Waals surface area contributed by atoms with Gasteiger partial charge in [-0.3, -0.25) is 9.59 Å². The number of hydrogen-bond donors (Lipinski definition) is 1. The molecule has 6 nitrogen and oxygen atoms in total. The van der Waals surface area contributed by atoms with Crippen LogP contribution in [0, 0.1) is 6.92 Å². The Morgan fingerprint density at radius 3 is 2.93 bits per heavy atom. The summed E-state index contributed by atoms with van der Waals surface area (Å²) in [5.74, 6) is -0.247. The van der Waals surface area contributed by atoms with Crippen molar-refractivity contribution in [1.82, 2.24) is 15.0 Å². The summed E-state index contributed by atoms with van der Waals surface area (Å²) in [5.41, 5.74) is 2.69. The van der Waals surface area contributed by atoms with Gasteiger partial charge in [-0.1, -0.05) is 24.3 Å². The second kappa shape index (κ2) is 7.23. The van der Waals surface area contributed by atoms with Gasteiger partial charge < -0.3 is 5.32 Å². The van der Waals surface area contributed by atoms with Gasteiger partial charge in [0.15, 0.2) is 4.83 Å². The van der Waals surface area contributed by atoms with Gasteiger partial charge in [-0.2, -0.15) is 4.68 Å². The van der Waals surface area contributed by atoms with Crippen LogP contribution in [0.2, 0.25) is 0 Å². The van der Waals surface area contributed by atoms with Crippen LogP contribution in [0.15, 0.2) is 29.1 Å². The van der Waals surface area contributed by atoms with Crippen molar-refractivity contribution < 1.29 is 4.79 Å². The zero-order valence-electron chi connectivity index (χ0n) is 15.5. The molecule has 1 unspecified atom stereocenters. The van der Waals surface area contributed by atoms with E-state index in [9.17, 15) is 9.59 Å². The first-order valence-corrected chi connectivity index (χ1v) is 10.2. The maximum atomic E-state index is 13.2. The van der Waals surface area contributed by atoms with E-state index >= 15 is 0 Å². The minimum Gasteiger partial charge on any atom is -0.324 e. The molecular weight excluding hydrogens is 360 g/mol. The van der Waals surface area contributed by atoms with Crippen molar-refractivity contribution in [2.75, 3.05) is 5.32 Å². The van der Waals surface area contributed by atoms with Crippen LogP contribution >= 0.6 is 11.3 Å². The van der Waals surface area contributed by atoms with Gasteiger partial charge in [-0.15, -0.1) is 16.4 Å². The summed E-state index contributed by atoms with van der Waals surface area (Å²) >= 11 is 1.57. The zero-order chi connectivity index (χ0) is 19.0. The quantitative estimate of drug-likeness (QED) is 0.747. The Morgan fingerprint density at radius 2 is 2.15 bits per heavy atom. The molecule has 1 aliphatic rings. The standard InChI is InChI=1S/C20H22N4O2S/c1-3-15(18(25)21-13-8-6-7-12(2)11-13)24-20(26)17-14-9-4-5-10-16(14)27-19(17)22-23-24/h6-8,11,15H,3-5,9-10H2,1-2H3,(H,21,25). The van der Waals surface area contributed by atoms with Gasteiger partial charge in [0.05, 0.1) is 5.39 Å². The molecule has 0 aliphatic heterocycles. The first-order valence-electron chi connectivity index (χ1n) is 9.35. The Bertz CT molecular complexity index is 1070. The summed E-state index contributed by atoms with van der Waals surface area (Å²) in [6.45, 7) is 3.85. The molecule has 1 aromatic carbocycles. The number of anilines is 1. The number of carbonyl (C=O) groups excluding carboxylic acids is 1. The van der Waals surface area contributed by atoms with Crippen LogP contribution in [0.25, 0.3) is 10.2 Å². The van der Waals surface area contributed by atoms with Crippen molar-refractivity contribution in [1.29, 1.82) is 0 Å². The lowest BCUT2D eigenvalue weighted by molar-refractivity contribution is -0.119. The average molecular weight is 382 g/mol. The molecular formula is C20H22N4O2S. The number of thiophene rings is 1. The Kier molecular flexibility index (Phi) is 4.78. The monoisotopic (exact) mass is 382 g/mol. The van der Waals surface area contributed by atoms with Gasteiger partial charge in [0.1, 0.15) is 6.04 Å². The molecule has 1 atom stereocenters. The molecule has 0 bridgehead atoms. The molecule has 27 heavy (non-hydrogen) atoms. The van der Waals surface area contributed by atoms with E-state index in [1.165, 1.54) is 9.56 Å². The molecule has 1 amide bonds. The molecule has 0 fully saturated rings. The van der Waals surface area contributed by atoms with E-state index in [2.05, 4.69) is 15.6 Å². The maximum Gasteiger partial charge on any atom is 0.279 e. The molecule has 3 aromatic rings. The highest BCUT2D eigenvalue weighted by atomic mass is 32.1. The number of nitrogens with one attached hydrogen (secondary N) is 1. The molecule has 7 heteroatoms. The van der Waals surface area contributed by atoms with E-state index in [-0.39, 0.29) is 11.5 Å². The maximum absolute atomic E-state index is 13.2. The lowest BCUT2D eigenvalue weighted by atomic mass is 9.97. The van der Waals surface area contributed by atoms with Crippen molar-refractivity contribution >= 4 is 33.1 Å². The largest absolute Gasteiger partial charge is 0.324 e. The third kappa shape index (κ3) is 3.27. The Labute approximate surface area is 161 Å². The smallest absolute Gasteiger partial charge is 0.279 e. The number of nitrogens with zero attached hydrogens (tertiary/aromatic N) is 3. The average Bonchev–Trinajstić information content (AvgIpc) is 3.03. The topological polar surface area (TPSA) is 76.9 Å². The van der Waals surface area contributed by atoms with E-state index in [0.717, 1.165) is 36.8 Å². The first kappa shape index (κ1) is 17.9. The third-order valence-electron chi connectivity index (χ3n) is 5.08. The Hall–Kier alpha value is -2.54. The molecule has 2 aromatic heterocycles. The first-order chi connectivity index (χ1) is 13.1. The van der Waals surface area contributed by atoms with Crippen LogP contribution < -0.4 is 10.9 Å². The number of fused-ring (bicyclic) bond motifs is 3. The summed E-state index contributed by atoms with van der Waals surface area (Å²) in [7, 11) is 0. The normalized spacial score (nSPS) is 14.7. The molecule has 1 N–H and O–H groups in total. The third-order valence-corrected chi connectivity index (χ3v) is 6.25. The predicted molar refractivity (Wildman–Crippen MR) is 107 cm³/mol. The fraction of sp³-hybridized carbons (Fsp3) is 0.400. The number of aryl methyl sites for hydroxylation is 3. The molecule has 0 radical (unpaired) electrons. The molecule has 0 saturated carbocycles. The Balaban J connectivity index is 1.71. The number of carbonyl (C=O) groups is 1. The highest BCUT2D eigenvalue weighted by molar-refractivity contribution is 7.18. The highest BCUT2D eigenvalue weighted by Gasteiger charge is 2.26. The number of rotatable bonds is 4. The summed E-state index contributed by atoms with van der Waals surface area (Å²) < 4.78 is 1.26. The van der Waals surface area contributed by atoms with Crippen LogP contribution in [0.5, 0.6) is 0 Å². The van der Waals surface area contributed by atoms with Crippen LogP contribution in [0.4, 0.5) is 5.69 Å². The minimum absolute atomic E-state index is 0.203. The molecule has 4 rings (SSSR count). The van der Waals surface area contributed by atoms with Gasteiger partial charge in [-0.05, 0) is 62.3 Å². The van der Waals surface area contributed by atoms with Gasteiger partial charge in [0.2, 0.25) is 5.91 Å². The van der Waals surface area contributed by atoms with E-state index in [0.29, 0.717) is 22.3 Å². The van der Waals surface area contributed by atoms with E-state index in [1.807, 2.05) is 38.1 Å². The van der Waals surface area contributed by atoms with Crippen LogP contribution in [-0.2, 0) is 17.6 Å². The van der Waals surface area contributed by atoms with Crippen LogP contribution in [0.3, 0.4) is 0 Å². The summed E-state index contributed by atoms with van der Waals surface area (Å²) in [5, 5.41) is 11.9. The number of amides is 1. The Morgan fingerprint density at radius 1 is 1.33 bits per heavy atom. The molecule has 2 heterocycles. The van der Waals surface area contributed by atoms with Crippen LogP contribution in [-0.4, -0.2) is 20.9 Å². The molecule has 0 spiro atoms. The van der Waals surface area contributed by atoms with Crippen molar-refractivity contribution in [2.24, 2.45) is 0 Å². The fourth-order valence-corrected chi connectivity index (χ4v) is 4.91. The lowest BCUT2D eigenvalue weighted by Crippen LogP contribution is -2.35. The van der Waals surface area contributed by atoms with Crippen molar-refractivity contribution in [2.45, 2.75) is 52.0 Å². The van der Waals surface area contributed by atoms with E-state index in [1.54, 1.807) is 11.3 Å². The van der Waals surface area contributed by atoms with Crippen LogP contribution in [0.1, 0.15) is 48.2 Å². The second-order valence-electron chi connectivity index (χ2n) is 7.01. The zero-order valence-corrected chi connectivity index (χ0v) is 16.3. The van der Waals surface area contributed by atoms with Gasteiger partial charge in [0.25, 0.3) is 5.56 Å². The van der Waals surface area contributed by atoms with E-state index in [4.69, 9.17) is 0 Å². The van der Waals surface area contributed by atoms with Crippen molar-refractivity contribution in [3.8, 4) is 0 Å². The summed E-state index contributed by atoms with van der Waals surface area (Å²) in [4.78, 5) is 27.9.